The number of anilines is 2. The van der Waals surface area contributed by atoms with Crippen molar-refractivity contribution in [2.24, 2.45) is 18.3 Å². The van der Waals surface area contributed by atoms with Gasteiger partial charge in [-0.3, -0.25) is 14.3 Å². The first-order valence-corrected chi connectivity index (χ1v) is 12.9. The zero-order valence-electron chi connectivity index (χ0n) is 21.7. The number of H-pyrrole nitrogens is 1. The predicted octanol–water partition coefficient (Wildman–Crippen LogP) is 2.99. The summed E-state index contributed by atoms with van der Waals surface area (Å²) in [6, 6.07) is 6.78. The van der Waals surface area contributed by atoms with E-state index < -0.39 is 28.5 Å². The Labute approximate surface area is 201 Å². The molecule has 1 aliphatic carbocycles. The van der Waals surface area contributed by atoms with Gasteiger partial charge in [-0.25, -0.2) is 8.42 Å². The van der Waals surface area contributed by atoms with Crippen LogP contribution in [0.3, 0.4) is 0 Å². The number of nitrogens with one attached hydrogen (secondary N) is 2. The highest BCUT2D eigenvalue weighted by Crippen LogP contribution is 2.59. The van der Waals surface area contributed by atoms with Crippen LogP contribution >= 0.6 is 0 Å². The van der Waals surface area contributed by atoms with Crippen LogP contribution in [0.2, 0.25) is 0 Å². The Kier molecular flexibility index (Phi) is 4.43. The van der Waals surface area contributed by atoms with Gasteiger partial charge in [-0.1, -0.05) is 0 Å². The summed E-state index contributed by atoms with van der Waals surface area (Å²) >= 11 is 0. The van der Waals surface area contributed by atoms with E-state index in [2.05, 4.69) is 14.6 Å². The molecule has 1 unspecified atom stereocenters. The number of piperidine rings is 1. The molecule has 2 fully saturated rings. The number of aliphatic carboxylic acids is 1. The lowest BCUT2D eigenvalue weighted by Crippen LogP contribution is -2.36. The van der Waals surface area contributed by atoms with Gasteiger partial charge in [0.05, 0.1) is 11.7 Å². The number of carboxylic acids is 1. The maximum Gasteiger partial charge on any atom is 0.307 e. The molecule has 2 aromatic heterocycles. The van der Waals surface area contributed by atoms with Crippen LogP contribution in [0, 0.1) is 11.3 Å². The van der Waals surface area contributed by atoms with Crippen LogP contribution in [0.5, 0.6) is 0 Å². The predicted molar refractivity (Wildman–Crippen MR) is 132 cm³/mol. The van der Waals surface area contributed by atoms with Gasteiger partial charge < -0.3 is 19.6 Å². The quantitative estimate of drug-likeness (QED) is 0.491. The number of hydrogen-bond acceptors (Lipinski definition) is 5. The van der Waals surface area contributed by atoms with Gasteiger partial charge in [0.25, 0.3) is 5.56 Å². The molecule has 1 saturated carbocycles. The Balaban J connectivity index is 1.64. The average molecular weight is 488 g/mol. The van der Waals surface area contributed by atoms with E-state index in [4.69, 9.17) is 4.11 Å². The number of pyridine rings is 1. The van der Waals surface area contributed by atoms with Gasteiger partial charge in [-0.2, -0.15) is 0 Å². The van der Waals surface area contributed by atoms with E-state index in [1.165, 1.54) is 13.1 Å². The standard InChI is InChI=1S/C24H28N4O5S/c1-3-34(32,33)26-15-4-5-20(28-10-7-24(8-11-28)13-19(24)23(30)31)17(12-15)18-14-27(2)22(29)21-16(18)6-9-25-21/h4-6,9,12,14,19,25-26H,3,7-8,10-11,13H2,1-2H3,(H,30,31)/i2D3. The normalized spacial score (nSPS) is 21.1. The molecular formula is C24H28N4O5S. The minimum atomic E-state index is -3.57. The third-order valence-electron chi connectivity index (χ3n) is 7.26. The van der Waals surface area contributed by atoms with Gasteiger partial charge >= 0.3 is 5.97 Å². The van der Waals surface area contributed by atoms with Gasteiger partial charge in [0.15, 0.2) is 0 Å². The molecule has 1 spiro atoms. The van der Waals surface area contributed by atoms with E-state index in [0.29, 0.717) is 59.1 Å². The van der Waals surface area contributed by atoms with Crippen molar-refractivity contribution in [2.75, 3.05) is 28.5 Å². The van der Waals surface area contributed by atoms with Crippen LogP contribution in [0.25, 0.3) is 22.0 Å². The first-order valence-electron chi connectivity index (χ1n) is 12.7. The van der Waals surface area contributed by atoms with Crippen molar-refractivity contribution >= 4 is 38.3 Å². The summed E-state index contributed by atoms with van der Waals surface area (Å²) in [4.78, 5) is 29.3. The lowest BCUT2D eigenvalue weighted by Gasteiger charge is -2.35. The summed E-state index contributed by atoms with van der Waals surface area (Å²) in [5.41, 5.74) is 1.38. The molecule has 0 amide bonds. The Bertz CT molecular complexity index is 1550. The molecule has 1 atom stereocenters. The summed E-state index contributed by atoms with van der Waals surface area (Å²) in [7, 11) is -3.57. The first kappa shape index (κ1) is 19.1. The van der Waals surface area contributed by atoms with Gasteiger partial charge in [0, 0.05) is 64.5 Å². The summed E-state index contributed by atoms with van der Waals surface area (Å²) in [6.45, 7) is 0.0129. The van der Waals surface area contributed by atoms with Crippen LogP contribution in [0.1, 0.15) is 30.3 Å². The number of carbonyl (C=O) groups is 1. The number of sulfonamides is 1. The van der Waals surface area contributed by atoms with Gasteiger partial charge in [-0.15, -0.1) is 0 Å². The summed E-state index contributed by atoms with van der Waals surface area (Å²) < 4.78 is 51.4. The largest absolute Gasteiger partial charge is 0.481 e. The number of rotatable bonds is 6. The maximum absolute atomic E-state index is 12.9. The minimum Gasteiger partial charge on any atom is -0.481 e. The maximum atomic E-state index is 12.9. The lowest BCUT2D eigenvalue weighted by atomic mass is 9.89. The van der Waals surface area contributed by atoms with E-state index in [0.717, 1.165) is 5.69 Å². The third kappa shape index (κ3) is 3.75. The van der Waals surface area contributed by atoms with Crippen LogP contribution in [0.15, 0.2) is 41.5 Å². The van der Waals surface area contributed by atoms with E-state index >= 15 is 0 Å². The van der Waals surface area contributed by atoms with Gasteiger partial charge in [-0.05, 0) is 55.9 Å². The molecule has 10 heteroatoms. The molecule has 180 valence electrons. The van der Waals surface area contributed by atoms with Crippen molar-refractivity contribution in [3.63, 3.8) is 0 Å². The molecule has 1 saturated heterocycles. The van der Waals surface area contributed by atoms with Crippen LogP contribution in [-0.2, 0) is 21.8 Å². The molecule has 2 aliphatic rings. The lowest BCUT2D eigenvalue weighted by molar-refractivity contribution is -0.139. The summed E-state index contributed by atoms with van der Waals surface area (Å²) in [6.07, 6.45) is 4.96. The zero-order chi connectivity index (χ0) is 26.8. The number of hydrogen-bond donors (Lipinski definition) is 3. The van der Waals surface area contributed by atoms with Crippen LogP contribution < -0.4 is 15.2 Å². The fourth-order valence-electron chi connectivity index (χ4n) is 5.15. The first-order chi connectivity index (χ1) is 17.3. The van der Waals surface area contributed by atoms with Crippen molar-refractivity contribution < 1.29 is 22.4 Å². The Morgan fingerprint density at radius 1 is 1.29 bits per heavy atom. The monoisotopic (exact) mass is 487 g/mol. The highest BCUT2D eigenvalue weighted by atomic mass is 32.2. The SMILES string of the molecule is [2H]C([2H])([2H])n1cc(-c2cc(NS(=O)(=O)CC)ccc2N2CCC3(CC2)CC3C(=O)O)c2cc[nH]c2c1=O. The van der Waals surface area contributed by atoms with E-state index in [1.807, 2.05) is 0 Å². The number of aromatic nitrogens is 2. The van der Waals surface area contributed by atoms with Crippen molar-refractivity contribution in [2.45, 2.75) is 26.2 Å². The highest BCUT2D eigenvalue weighted by Gasteiger charge is 2.58. The number of carboxylic acid groups (broad SMARTS) is 1. The zero-order valence-corrected chi connectivity index (χ0v) is 19.5. The second-order valence-corrected chi connectivity index (χ2v) is 11.2. The summed E-state index contributed by atoms with van der Waals surface area (Å²) in [5, 5.41) is 9.96. The Morgan fingerprint density at radius 3 is 2.71 bits per heavy atom. The minimum absolute atomic E-state index is 0.116. The van der Waals surface area contributed by atoms with Gasteiger partial charge in [0.2, 0.25) is 10.0 Å². The molecule has 3 N–H and O–H groups in total. The molecule has 1 aromatic carbocycles. The number of aryl methyl sites for hydroxylation is 1. The second-order valence-electron chi connectivity index (χ2n) is 9.17. The van der Waals surface area contributed by atoms with Crippen molar-refractivity contribution in [1.29, 1.82) is 0 Å². The number of benzene rings is 1. The Morgan fingerprint density at radius 2 is 2.06 bits per heavy atom. The van der Waals surface area contributed by atoms with E-state index in [1.54, 1.807) is 30.5 Å². The Hall–Kier alpha value is -3.27. The molecule has 0 bridgehead atoms. The van der Waals surface area contributed by atoms with E-state index in [-0.39, 0.29) is 22.6 Å². The highest BCUT2D eigenvalue weighted by molar-refractivity contribution is 7.92. The number of nitrogens with zero attached hydrogens (tertiary/aromatic N) is 2. The average Bonchev–Trinajstić information content (AvgIpc) is 3.30. The van der Waals surface area contributed by atoms with Crippen LogP contribution in [0.4, 0.5) is 11.4 Å². The van der Waals surface area contributed by atoms with Gasteiger partial charge in [0.1, 0.15) is 5.52 Å². The molecule has 5 rings (SSSR count). The van der Waals surface area contributed by atoms with Crippen molar-refractivity contribution in [1.82, 2.24) is 9.55 Å². The smallest absolute Gasteiger partial charge is 0.307 e. The van der Waals surface area contributed by atoms with Crippen molar-refractivity contribution in [3.8, 4) is 11.1 Å². The topological polar surface area (TPSA) is 124 Å². The van der Waals surface area contributed by atoms with Crippen molar-refractivity contribution in [3.05, 3.63) is 47.0 Å². The third-order valence-corrected chi connectivity index (χ3v) is 8.56. The molecule has 3 aromatic rings. The molecule has 9 nitrogen and oxygen atoms in total. The summed E-state index contributed by atoms with van der Waals surface area (Å²) in [5.74, 6) is -1.19. The number of fused-ring (bicyclic) bond motifs is 1. The van der Waals surface area contributed by atoms with Crippen LogP contribution in [-0.4, -0.2) is 47.9 Å². The number of aromatic amines is 1. The second kappa shape index (κ2) is 7.90. The fraction of sp³-hybridized carbons (Fsp3) is 0.417. The van der Waals surface area contributed by atoms with E-state index in [9.17, 15) is 23.1 Å². The molecule has 0 radical (unpaired) electrons. The fourth-order valence-corrected chi connectivity index (χ4v) is 5.78. The molecule has 3 heterocycles. The molecule has 1 aliphatic heterocycles. The molecular weight excluding hydrogens is 456 g/mol. The molecule has 34 heavy (non-hydrogen) atoms.